The molecule has 1 fully saturated rings. The Hall–Kier alpha value is -3.56. The normalized spacial score (nSPS) is 17.5. The number of hydrogen-bond acceptors (Lipinski definition) is 4. The molecule has 10 heteroatoms. The van der Waals surface area contributed by atoms with Crippen molar-refractivity contribution in [3.05, 3.63) is 57.6 Å². The van der Waals surface area contributed by atoms with Gasteiger partial charge in [-0.15, -0.1) is 0 Å². The number of anilines is 1. The smallest absolute Gasteiger partial charge is 0.273 e. The average Bonchev–Trinajstić information content (AvgIpc) is 3.41. The van der Waals surface area contributed by atoms with E-state index in [4.69, 9.17) is 0 Å². The van der Waals surface area contributed by atoms with Crippen LogP contribution in [0, 0.1) is 0 Å². The summed E-state index contributed by atoms with van der Waals surface area (Å²) in [4.78, 5) is 40.3. The summed E-state index contributed by atoms with van der Waals surface area (Å²) < 4.78 is 31.6. The van der Waals surface area contributed by atoms with E-state index in [9.17, 15) is 23.2 Å². The maximum Gasteiger partial charge on any atom is 0.273 e. The van der Waals surface area contributed by atoms with Crippen LogP contribution < -0.4 is 10.9 Å². The number of amides is 2. The van der Waals surface area contributed by atoms with Crippen molar-refractivity contribution in [3.63, 3.8) is 0 Å². The number of fused-ring (bicyclic) bond motifs is 2. The molecule has 1 aliphatic heterocycles. The number of alkyl halides is 2. The van der Waals surface area contributed by atoms with Crippen LogP contribution in [0.4, 0.5) is 14.5 Å². The van der Waals surface area contributed by atoms with E-state index in [1.54, 1.807) is 26.4 Å². The van der Waals surface area contributed by atoms with E-state index in [0.717, 1.165) is 0 Å². The maximum atomic E-state index is 14.2. The second-order valence-corrected chi connectivity index (χ2v) is 9.23. The predicted octanol–water partition coefficient (Wildman–Crippen LogP) is 3.69. The van der Waals surface area contributed by atoms with Gasteiger partial charge >= 0.3 is 0 Å². The molecule has 3 aromatic rings. The summed E-state index contributed by atoms with van der Waals surface area (Å²) in [7, 11) is 0. The van der Waals surface area contributed by atoms with Crippen LogP contribution in [0.2, 0.25) is 0 Å². The van der Waals surface area contributed by atoms with Gasteiger partial charge in [0.25, 0.3) is 17.4 Å². The van der Waals surface area contributed by atoms with Gasteiger partial charge in [0.15, 0.2) is 0 Å². The molecule has 1 aliphatic carbocycles. The molecule has 8 nitrogen and oxygen atoms in total. The van der Waals surface area contributed by atoms with Gasteiger partial charge in [0.2, 0.25) is 5.91 Å². The number of pyridine rings is 1. The third-order valence-electron chi connectivity index (χ3n) is 7.13. The average molecular weight is 484 g/mol. The number of carbonyl (C=O) groups is 2. The van der Waals surface area contributed by atoms with Gasteiger partial charge in [-0.05, 0) is 37.8 Å². The molecule has 0 unspecified atom stereocenters. The number of piperidine rings is 1. The number of carbonyl (C=O) groups excluding carboxylic acids is 2. The first-order chi connectivity index (χ1) is 16.7. The SMILES string of the molecule is CCn1cc2c(=O)n(C3CCN(C(C)=O)CC3)cc(C(=O)Nc3cccc4c3CCC4(F)F)c2n1. The third-order valence-corrected chi connectivity index (χ3v) is 7.13. The van der Waals surface area contributed by atoms with Gasteiger partial charge in [0, 0.05) is 62.7 Å². The van der Waals surface area contributed by atoms with Crippen molar-refractivity contribution in [2.24, 2.45) is 0 Å². The second-order valence-electron chi connectivity index (χ2n) is 9.23. The van der Waals surface area contributed by atoms with Crippen LogP contribution in [-0.2, 0) is 23.7 Å². The minimum absolute atomic E-state index is 0.00323. The van der Waals surface area contributed by atoms with Crippen LogP contribution in [-0.4, -0.2) is 44.2 Å². The van der Waals surface area contributed by atoms with Gasteiger partial charge in [-0.25, -0.2) is 8.78 Å². The van der Waals surface area contributed by atoms with E-state index in [0.29, 0.717) is 49.1 Å². The van der Waals surface area contributed by atoms with E-state index >= 15 is 0 Å². The summed E-state index contributed by atoms with van der Waals surface area (Å²) >= 11 is 0. The second kappa shape index (κ2) is 8.58. The Kier molecular flexibility index (Phi) is 5.69. The molecule has 35 heavy (non-hydrogen) atoms. The molecule has 0 saturated carbocycles. The Bertz CT molecular complexity index is 1390. The van der Waals surface area contributed by atoms with Crippen LogP contribution in [0.5, 0.6) is 0 Å². The molecule has 1 saturated heterocycles. The monoisotopic (exact) mass is 483 g/mol. The van der Waals surface area contributed by atoms with Crippen LogP contribution >= 0.6 is 0 Å². The summed E-state index contributed by atoms with van der Waals surface area (Å²) in [5.74, 6) is -3.42. The fraction of sp³-hybridized carbons (Fsp3) is 0.440. The van der Waals surface area contributed by atoms with Crippen LogP contribution in [0.15, 0.2) is 35.4 Å². The largest absolute Gasteiger partial charge is 0.343 e. The lowest BCUT2D eigenvalue weighted by molar-refractivity contribution is -0.130. The molecule has 2 aromatic heterocycles. The molecule has 0 spiro atoms. The zero-order valence-electron chi connectivity index (χ0n) is 19.7. The van der Waals surface area contributed by atoms with Crippen molar-refractivity contribution in [2.75, 3.05) is 18.4 Å². The fourth-order valence-electron chi connectivity index (χ4n) is 5.16. The zero-order valence-corrected chi connectivity index (χ0v) is 19.7. The molecule has 3 heterocycles. The molecule has 2 aliphatic rings. The van der Waals surface area contributed by atoms with E-state index in [1.807, 2.05) is 6.92 Å². The third kappa shape index (κ3) is 4.00. The summed E-state index contributed by atoms with van der Waals surface area (Å²) in [6.45, 7) is 4.99. The minimum atomic E-state index is -2.91. The fourth-order valence-corrected chi connectivity index (χ4v) is 5.16. The lowest BCUT2D eigenvalue weighted by atomic mass is 10.0. The van der Waals surface area contributed by atoms with E-state index in [1.165, 1.54) is 25.3 Å². The number of nitrogens with one attached hydrogen (secondary N) is 1. The first-order valence-corrected chi connectivity index (χ1v) is 11.9. The van der Waals surface area contributed by atoms with Gasteiger partial charge in [-0.1, -0.05) is 12.1 Å². The Morgan fingerprint density at radius 1 is 1.20 bits per heavy atom. The van der Waals surface area contributed by atoms with E-state index in [2.05, 4.69) is 10.4 Å². The van der Waals surface area contributed by atoms with Gasteiger partial charge in [-0.3, -0.25) is 19.1 Å². The van der Waals surface area contributed by atoms with Crippen molar-refractivity contribution >= 4 is 28.4 Å². The molecule has 2 amide bonds. The van der Waals surface area contributed by atoms with Crippen LogP contribution in [0.25, 0.3) is 10.9 Å². The van der Waals surface area contributed by atoms with Crippen molar-refractivity contribution in [3.8, 4) is 0 Å². The molecule has 0 atom stereocenters. The van der Waals surface area contributed by atoms with Crippen molar-refractivity contribution in [1.29, 1.82) is 0 Å². The highest BCUT2D eigenvalue weighted by molar-refractivity contribution is 6.11. The van der Waals surface area contributed by atoms with Gasteiger partial charge in [-0.2, -0.15) is 5.10 Å². The molecule has 1 aromatic carbocycles. The minimum Gasteiger partial charge on any atom is -0.343 e. The van der Waals surface area contributed by atoms with Crippen molar-refractivity contribution in [1.82, 2.24) is 19.2 Å². The van der Waals surface area contributed by atoms with Gasteiger partial charge < -0.3 is 14.8 Å². The van der Waals surface area contributed by atoms with Crippen molar-refractivity contribution < 1.29 is 18.4 Å². The van der Waals surface area contributed by atoms with E-state index in [-0.39, 0.29) is 47.0 Å². The highest BCUT2D eigenvalue weighted by Gasteiger charge is 2.40. The lowest BCUT2D eigenvalue weighted by Crippen LogP contribution is -2.40. The Morgan fingerprint density at radius 3 is 2.63 bits per heavy atom. The van der Waals surface area contributed by atoms with Gasteiger partial charge in [0.1, 0.15) is 5.52 Å². The number of aromatic nitrogens is 3. The highest BCUT2D eigenvalue weighted by atomic mass is 19.3. The standard InChI is InChI=1S/C25H27F2N5O3/c1-3-31-13-19-22(29-31)18(14-32(24(19)35)16-8-11-30(12-9-16)15(2)33)23(34)28-21-6-4-5-20-17(21)7-10-25(20,26)27/h4-6,13-14,16H,3,7-12H2,1-2H3,(H,28,34). The Morgan fingerprint density at radius 2 is 1.94 bits per heavy atom. The quantitative estimate of drug-likeness (QED) is 0.613. The number of halogens is 2. The van der Waals surface area contributed by atoms with Gasteiger partial charge in [0.05, 0.1) is 10.9 Å². The summed E-state index contributed by atoms with van der Waals surface area (Å²) in [6, 6.07) is 4.36. The summed E-state index contributed by atoms with van der Waals surface area (Å²) in [5, 5.41) is 7.57. The molecule has 184 valence electrons. The summed E-state index contributed by atoms with van der Waals surface area (Å²) in [5.41, 5.74) is 0.981. The number of hydrogen-bond donors (Lipinski definition) is 1. The zero-order chi connectivity index (χ0) is 24.9. The number of nitrogens with zero attached hydrogens (tertiary/aromatic N) is 4. The number of benzene rings is 1. The summed E-state index contributed by atoms with van der Waals surface area (Å²) in [6.07, 6.45) is 4.23. The molecule has 5 rings (SSSR count). The predicted molar refractivity (Wildman–Crippen MR) is 127 cm³/mol. The lowest BCUT2D eigenvalue weighted by Gasteiger charge is -2.32. The molecular formula is C25H27F2N5O3. The molecule has 0 radical (unpaired) electrons. The molecule has 1 N–H and O–H groups in total. The molecule has 0 bridgehead atoms. The maximum absolute atomic E-state index is 14.2. The Labute approximate surface area is 200 Å². The number of rotatable bonds is 4. The first kappa shape index (κ1) is 23.2. The van der Waals surface area contributed by atoms with Crippen LogP contribution in [0.3, 0.4) is 0 Å². The Balaban J connectivity index is 1.54. The topological polar surface area (TPSA) is 89.2 Å². The van der Waals surface area contributed by atoms with Crippen molar-refractivity contribution in [2.45, 2.75) is 58.0 Å². The molecular weight excluding hydrogens is 456 g/mol. The number of likely N-dealkylation sites (tertiary alicyclic amines) is 1. The number of aryl methyl sites for hydroxylation is 1. The van der Waals surface area contributed by atoms with Crippen LogP contribution in [0.1, 0.15) is 60.6 Å². The first-order valence-electron chi connectivity index (χ1n) is 11.9. The highest BCUT2D eigenvalue weighted by Crippen LogP contribution is 2.44. The van der Waals surface area contributed by atoms with E-state index < -0.39 is 11.8 Å².